The van der Waals surface area contributed by atoms with Gasteiger partial charge in [-0.1, -0.05) is 0 Å². The number of hydrogen-bond acceptors (Lipinski definition) is 6. The molecule has 11 heteroatoms. The Bertz CT molecular complexity index is 858. The highest BCUT2D eigenvalue weighted by molar-refractivity contribution is 5.68. The fourth-order valence-corrected chi connectivity index (χ4v) is 2.87. The summed E-state index contributed by atoms with van der Waals surface area (Å²) in [5, 5.41) is 6.35. The normalized spacial score (nSPS) is 18.2. The Morgan fingerprint density at radius 1 is 1.30 bits per heavy atom. The number of ether oxygens (including phenoxy) is 1. The average Bonchev–Trinajstić information content (AvgIpc) is 3.10. The number of aryl methyl sites for hydroxylation is 1. The molecule has 1 N–H and O–H groups in total. The number of alkyl carbamates (subject to hydrolysis) is 1. The third-order valence-corrected chi connectivity index (χ3v) is 3.91. The minimum atomic E-state index is -4.65. The van der Waals surface area contributed by atoms with E-state index >= 15 is 0 Å². The summed E-state index contributed by atoms with van der Waals surface area (Å²) in [6.45, 7) is 7.95. The van der Waals surface area contributed by atoms with Crippen molar-refractivity contribution in [3.8, 4) is 0 Å². The van der Waals surface area contributed by atoms with Gasteiger partial charge in [-0.15, -0.1) is 5.10 Å². The SMILES string of the molecule is Cc1cc(N2CC[C@H](NC(=O)OC(C)(C)C)C2)n2nc(C(F)(F)F)nc2n1. The molecule has 2 aromatic heterocycles. The van der Waals surface area contributed by atoms with Gasteiger partial charge in [0.2, 0.25) is 0 Å². The summed E-state index contributed by atoms with van der Waals surface area (Å²) < 4.78 is 45.1. The molecular formula is C16H21F3N6O2. The topological polar surface area (TPSA) is 84.7 Å². The van der Waals surface area contributed by atoms with E-state index in [1.54, 1.807) is 33.8 Å². The summed E-state index contributed by atoms with van der Waals surface area (Å²) in [4.78, 5) is 21.3. The number of fused-ring (bicyclic) bond motifs is 1. The van der Waals surface area contributed by atoms with Crippen LogP contribution >= 0.6 is 0 Å². The van der Waals surface area contributed by atoms with E-state index in [1.807, 2.05) is 4.90 Å². The molecule has 0 saturated carbocycles. The Kier molecular flexibility index (Phi) is 4.64. The van der Waals surface area contributed by atoms with Crippen molar-refractivity contribution in [1.29, 1.82) is 0 Å². The van der Waals surface area contributed by atoms with Crippen LogP contribution < -0.4 is 10.2 Å². The Morgan fingerprint density at radius 2 is 2.00 bits per heavy atom. The molecule has 3 rings (SSSR count). The summed E-state index contributed by atoms with van der Waals surface area (Å²) >= 11 is 0. The number of carbonyl (C=O) groups excluding carboxylic acids is 1. The first-order chi connectivity index (χ1) is 12.4. The number of hydrogen-bond donors (Lipinski definition) is 1. The number of nitrogens with zero attached hydrogens (tertiary/aromatic N) is 5. The van der Waals surface area contributed by atoms with Gasteiger partial charge >= 0.3 is 12.3 Å². The number of amides is 1. The molecule has 2 aromatic rings. The van der Waals surface area contributed by atoms with Gasteiger partial charge in [-0.3, -0.25) is 0 Å². The van der Waals surface area contributed by atoms with Crippen LogP contribution in [-0.2, 0) is 10.9 Å². The van der Waals surface area contributed by atoms with Crippen molar-refractivity contribution in [2.45, 2.75) is 51.9 Å². The molecule has 3 heterocycles. The Labute approximate surface area is 153 Å². The van der Waals surface area contributed by atoms with E-state index in [0.717, 1.165) is 4.52 Å². The van der Waals surface area contributed by atoms with Gasteiger partial charge in [0, 0.05) is 24.8 Å². The van der Waals surface area contributed by atoms with Crippen molar-refractivity contribution < 1.29 is 22.7 Å². The van der Waals surface area contributed by atoms with Crippen LogP contribution in [0.5, 0.6) is 0 Å². The lowest BCUT2D eigenvalue weighted by molar-refractivity contribution is -0.144. The van der Waals surface area contributed by atoms with Gasteiger partial charge in [0.05, 0.1) is 6.04 Å². The molecule has 0 radical (unpaired) electrons. The number of carbonyl (C=O) groups is 1. The van der Waals surface area contributed by atoms with Crippen LogP contribution in [0.2, 0.25) is 0 Å². The van der Waals surface area contributed by atoms with Crippen LogP contribution in [0.4, 0.5) is 23.8 Å². The van der Waals surface area contributed by atoms with Crippen LogP contribution in [0.25, 0.3) is 5.78 Å². The molecule has 1 aliphatic heterocycles. The fraction of sp³-hybridized carbons (Fsp3) is 0.625. The van der Waals surface area contributed by atoms with Crippen LogP contribution in [-0.4, -0.2) is 50.4 Å². The highest BCUT2D eigenvalue weighted by Gasteiger charge is 2.37. The number of alkyl halides is 3. The maximum Gasteiger partial charge on any atom is 0.453 e. The Morgan fingerprint density at radius 3 is 2.63 bits per heavy atom. The molecule has 0 bridgehead atoms. The molecule has 0 aliphatic carbocycles. The first kappa shape index (κ1) is 19.2. The van der Waals surface area contributed by atoms with Gasteiger partial charge in [0.25, 0.3) is 11.6 Å². The number of rotatable bonds is 2. The lowest BCUT2D eigenvalue weighted by atomic mass is 10.2. The number of nitrogens with one attached hydrogen (secondary N) is 1. The standard InChI is InChI=1S/C16H21F3N6O2/c1-9-7-11(25-13(20-9)22-12(23-25)16(17,18)19)24-6-5-10(8-24)21-14(26)27-15(2,3)4/h7,10H,5-6,8H2,1-4H3,(H,21,26)/t10-/m0/s1. The van der Waals surface area contributed by atoms with Crippen LogP contribution in [0.15, 0.2) is 6.07 Å². The molecule has 0 aromatic carbocycles. The quantitative estimate of drug-likeness (QED) is 0.854. The van der Waals surface area contributed by atoms with E-state index in [9.17, 15) is 18.0 Å². The molecule has 1 amide bonds. The van der Waals surface area contributed by atoms with Crippen molar-refractivity contribution in [1.82, 2.24) is 24.9 Å². The minimum absolute atomic E-state index is 0.110. The average molecular weight is 386 g/mol. The van der Waals surface area contributed by atoms with Crippen molar-refractivity contribution in [3.05, 3.63) is 17.6 Å². The highest BCUT2D eigenvalue weighted by atomic mass is 19.4. The zero-order valence-corrected chi connectivity index (χ0v) is 15.5. The summed E-state index contributed by atoms with van der Waals surface area (Å²) in [6, 6.07) is 1.46. The third kappa shape index (κ3) is 4.40. The summed E-state index contributed by atoms with van der Waals surface area (Å²) in [5.41, 5.74) is -0.0759. The zero-order valence-electron chi connectivity index (χ0n) is 15.5. The molecular weight excluding hydrogens is 365 g/mol. The lowest BCUT2D eigenvalue weighted by Gasteiger charge is -2.22. The van der Waals surface area contributed by atoms with E-state index < -0.39 is 23.7 Å². The van der Waals surface area contributed by atoms with Gasteiger partial charge < -0.3 is 15.0 Å². The van der Waals surface area contributed by atoms with Crippen LogP contribution in [0.1, 0.15) is 38.7 Å². The predicted molar refractivity (Wildman–Crippen MR) is 90.5 cm³/mol. The van der Waals surface area contributed by atoms with Crippen molar-refractivity contribution in [2.75, 3.05) is 18.0 Å². The predicted octanol–water partition coefficient (Wildman–Crippen LogP) is 2.55. The van der Waals surface area contributed by atoms with Gasteiger partial charge in [-0.05, 0) is 34.1 Å². The van der Waals surface area contributed by atoms with Crippen LogP contribution in [0, 0.1) is 6.92 Å². The minimum Gasteiger partial charge on any atom is -0.444 e. The van der Waals surface area contributed by atoms with E-state index in [0.29, 0.717) is 31.0 Å². The van der Waals surface area contributed by atoms with Gasteiger partial charge in [-0.25, -0.2) is 9.78 Å². The first-order valence-electron chi connectivity index (χ1n) is 8.48. The van der Waals surface area contributed by atoms with Crippen molar-refractivity contribution in [3.63, 3.8) is 0 Å². The largest absolute Gasteiger partial charge is 0.453 e. The van der Waals surface area contributed by atoms with Gasteiger partial charge in [0.15, 0.2) is 0 Å². The van der Waals surface area contributed by atoms with E-state index in [1.165, 1.54) is 0 Å². The van der Waals surface area contributed by atoms with E-state index in [4.69, 9.17) is 4.74 Å². The first-order valence-corrected chi connectivity index (χ1v) is 8.48. The molecule has 8 nitrogen and oxygen atoms in total. The second-order valence-electron chi connectivity index (χ2n) is 7.48. The third-order valence-electron chi connectivity index (χ3n) is 3.91. The smallest absolute Gasteiger partial charge is 0.444 e. The maximum absolute atomic E-state index is 12.9. The highest BCUT2D eigenvalue weighted by Crippen LogP contribution is 2.28. The molecule has 1 aliphatic rings. The molecule has 0 unspecified atom stereocenters. The maximum atomic E-state index is 12.9. The Balaban J connectivity index is 1.80. The van der Waals surface area contributed by atoms with E-state index in [2.05, 4.69) is 20.4 Å². The number of anilines is 1. The number of aromatic nitrogens is 4. The molecule has 1 fully saturated rings. The molecule has 1 atom stereocenters. The summed E-state index contributed by atoms with van der Waals surface area (Å²) in [6.07, 6.45) is -4.54. The molecule has 27 heavy (non-hydrogen) atoms. The lowest BCUT2D eigenvalue weighted by Crippen LogP contribution is -2.40. The Hall–Kier alpha value is -2.59. The molecule has 0 spiro atoms. The van der Waals surface area contributed by atoms with E-state index in [-0.39, 0.29) is 11.8 Å². The monoisotopic (exact) mass is 386 g/mol. The zero-order chi connectivity index (χ0) is 20.0. The second kappa shape index (κ2) is 6.54. The van der Waals surface area contributed by atoms with Crippen molar-refractivity contribution in [2.24, 2.45) is 0 Å². The number of halogens is 3. The van der Waals surface area contributed by atoms with Gasteiger partial charge in [-0.2, -0.15) is 22.7 Å². The fourth-order valence-electron chi connectivity index (χ4n) is 2.87. The molecule has 148 valence electrons. The summed E-state index contributed by atoms with van der Waals surface area (Å²) in [5.74, 6) is -0.889. The second-order valence-corrected chi connectivity index (χ2v) is 7.48. The van der Waals surface area contributed by atoms with Gasteiger partial charge in [0.1, 0.15) is 11.4 Å². The molecule has 1 saturated heterocycles. The van der Waals surface area contributed by atoms with Crippen LogP contribution in [0.3, 0.4) is 0 Å². The van der Waals surface area contributed by atoms with Crippen molar-refractivity contribution >= 4 is 17.7 Å². The summed E-state index contributed by atoms with van der Waals surface area (Å²) in [7, 11) is 0.